The van der Waals surface area contributed by atoms with E-state index in [9.17, 15) is 20.0 Å². The van der Waals surface area contributed by atoms with Gasteiger partial charge < -0.3 is 9.84 Å². The normalized spacial score (nSPS) is 10.5. The summed E-state index contributed by atoms with van der Waals surface area (Å²) in [6, 6.07) is 9.88. The van der Waals surface area contributed by atoms with Crippen molar-refractivity contribution in [1.82, 2.24) is 5.43 Å². The number of carbonyl (C=O) groups excluding carboxylic acids is 1. The van der Waals surface area contributed by atoms with Gasteiger partial charge in [-0.2, -0.15) is 5.10 Å². The van der Waals surface area contributed by atoms with E-state index in [1.54, 1.807) is 12.1 Å². The maximum Gasteiger partial charge on any atom is 0.271 e. The molecule has 0 aliphatic rings. The van der Waals surface area contributed by atoms with Crippen LogP contribution in [0.4, 0.5) is 5.69 Å². The van der Waals surface area contributed by atoms with Crippen LogP contribution in [0.3, 0.4) is 0 Å². The molecule has 2 N–H and O–H groups in total. The maximum absolute atomic E-state index is 11.9. The highest BCUT2D eigenvalue weighted by Gasteiger charge is 2.08. The zero-order chi connectivity index (χ0) is 17.5. The summed E-state index contributed by atoms with van der Waals surface area (Å²) < 4.78 is 5.21. The predicted molar refractivity (Wildman–Crippen MR) is 87.4 cm³/mol. The summed E-state index contributed by atoms with van der Waals surface area (Å²) in [6.45, 7) is 2.24. The third-order valence-corrected chi connectivity index (χ3v) is 3.00. The minimum atomic E-state index is -0.543. The van der Waals surface area contributed by atoms with Crippen LogP contribution in [0.2, 0.25) is 0 Å². The molecular weight excluding hydrogens is 314 g/mol. The second-order valence-corrected chi connectivity index (χ2v) is 4.66. The Morgan fingerprint density at radius 2 is 2.04 bits per heavy atom. The Hall–Kier alpha value is -3.42. The summed E-state index contributed by atoms with van der Waals surface area (Å²) in [6.07, 6.45) is 1.36. The summed E-state index contributed by atoms with van der Waals surface area (Å²) in [7, 11) is 0. The lowest BCUT2D eigenvalue weighted by molar-refractivity contribution is -0.384. The lowest BCUT2D eigenvalue weighted by Crippen LogP contribution is -2.17. The SMILES string of the molecule is CCOc1ccc(/C=N/NC(=O)c2ccc([N+](=O)[O-])cc2)cc1O. The van der Waals surface area contributed by atoms with Crippen LogP contribution in [0, 0.1) is 10.1 Å². The number of carbonyl (C=O) groups is 1. The average Bonchev–Trinajstić information content (AvgIpc) is 2.57. The summed E-state index contributed by atoms with van der Waals surface area (Å²) in [5.74, 6) is -0.164. The lowest BCUT2D eigenvalue weighted by atomic mass is 10.2. The number of hydrazone groups is 1. The highest BCUT2D eigenvalue weighted by atomic mass is 16.6. The van der Waals surface area contributed by atoms with Crippen molar-refractivity contribution in [2.75, 3.05) is 6.61 Å². The molecule has 0 saturated carbocycles. The van der Waals surface area contributed by atoms with Crippen LogP contribution in [0.1, 0.15) is 22.8 Å². The number of hydrogen-bond acceptors (Lipinski definition) is 6. The number of nitrogens with one attached hydrogen (secondary N) is 1. The van der Waals surface area contributed by atoms with Gasteiger partial charge in [0.2, 0.25) is 0 Å². The van der Waals surface area contributed by atoms with E-state index >= 15 is 0 Å². The van der Waals surface area contributed by atoms with Gasteiger partial charge in [-0.25, -0.2) is 5.43 Å². The molecule has 1 amide bonds. The van der Waals surface area contributed by atoms with Gasteiger partial charge in [0, 0.05) is 17.7 Å². The predicted octanol–water partition coefficient (Wildman–Crippen LogP) is 2.46. The van der Waals surface area contributed by atoms with Crippen molar-refractivity contribution in [3.05, 3.63) is 63.7 Å². The first kappa shape index (κ1) is 16.9. The van der Waals surface area contributed by atoms with Crippen molar-refractivity contribution in [3.63, 3.8) is 0 Å². The molecule has 2 rings (SSSR count). The fourth-order valence-electron chi connectivity index (χ4n) is 1.86. The van der Waals surface area contributed by atoms with E-state index in [0.717, 1.165) is 0 Å². The molecule has 124 valence electrons. The first-order chi connectivity index (χ1) is 11.5. The number of amides is 1. The molecule has 2 aromatic rings. The molecule has 0 aromatic heterocycles. The molecule has 0 aliphatic heterocycles. The lowest BCUT2D eigenvalue weighted by Gasteiger charge is -2.05. The maximum atomic E-state index is 11.9. The van der Waals surface area contributed by atoms with Gasteiger partial charge in [-0.1, -0.05) is 0 Å². The Labute approximate surface area is 137 Å². The molecule has 2 aromatic carbocycles. The molecular formula is C16H15N3O5. The van der Waals surface area contributed by atoms with Crippen molar-refractivity contribution in [1.29, 1.82) is 0 Å². The fourth-order valence-corrected chi connectivity index (χ4v) is 1.86. The Bertz CT molecular complexity index is 772. The van der Waals surface area contributed by atoms with Crippen LogP contribution in [-0.4, -0.2) is 28.8 Å². The topological polar surface area (TPSA) is 114 Å². The monoisotopic (exact) mass is 329 g/mol. The second-order valence-electron chi connectivity index (χ2n) is 4.66. The average molecular weight is 329 g/mol. The van der Waals surface area contributed by atoms with Gasteiger partial charge in [0.1, 0.15) is 0 Å². The molecule has 0 fully saturated rings. The third kappa shape index (κ3) is 4.29. The van der Waals surface area contributed by atoms with E-state index in [1.807, 2.05) is 6.92 Å². The molecule has 8 heteroatoms. The van der Waals surface area contributed by atoms with Gasteiger partial charge in [0.25, 0.3) is 11.6 Å². The van der Waals surface area contributed by atoms with Crippen LogP contribution in [-0.2, 0) is 0 Å². The second kappa shape index (κ2) is 7.73. The van der Waals surface area contributed by atoms with E-state index in [-0.39, 0.29) is 17.0 Å². The number of phenolic OH excluding ortho intramolecular Hbond substituents is 1. The number of ether oxygens (including phenoxy) is 1. The summed E-state index contributed by atoms with van der Waals surface area (Å²) in [4.78, 5) is 21.9. The zero-order valence-corrected chi connectivity index (χ0v) is 12.8. The minimum Gasteiger partial charge on any atom is -0.504 e. The van der Waals surface area contributed by atoms with Crippen LogP contribution >= 0.6 is 0 Å². The number of hydrogen-bond donors (Lipinski definition) is 2. The van der Waals surface area contributed by atoms with Gasteiger partial charge in [-0.05, 0) is 42.8 Å². The van der Waals surface area contributed by atoms with Gasteiger partial charge in [0.05, 0.1) is 17.7 Å². The Balaban J connectivity index is 1.99. The molecule has 0 heterocycles. The highest BCUT2D eigenvalue weighted by Crippen LogP contribution is 2.26. The number of nitrogens with zero attached hydrogens (tertiary/aromatic N) is 2. The zero-order valence-electron chi connectivity index (χ0n) is 12.8. The van der Waals surface area contributed by atoms with Gasteiger partial charge in [0.15, 0.2) is 11.5 Å². The van der Waals surface area contributed by atoms with Gasteiger partial charge >= 0.3 is 0 Å². The summed E-state index contributed by atoms with van der Waals surface area (Å²) >= 11 is 0. The number of nitro benzene ring substituents is 1. The van der Waals surface area contributed by atoms with Crippen molar-refractivity contribution >= 4 is 17.8 Å². The number of phenols is 1. The number of aromatic hydroxyl groups is 1. The van der Waals surface area contributed by atoms with Crippen molar-refractivity contribution in [2.45, 2.75) is 6.92 Å². The van der Waals surface area contributed by atoms with E-state index in [1.165, 1.54) is 36.5 Å². The standard InChI is InChI=1S/C16H15N3O5/c1-2-24-15-8-3-11(9-14(15)20)10-17-18-16(21)12-4-6-13(7-5-12)19(22)23/h3-10,20H,2H2,1H3,(H,18,21)/b17-10+. The quantitative estimate of drug-likeness (QED) is 0.480. The van der Waals surface area contributed by atoms with E-state index < -0.39 is 10.8 Å². The highest BCUT2D eigenvalue weighted by molar-refractivity contribution is 5.95. The smallest absolute Gasteiger partial charge is 0.271 e. The van der Waals surface area contributed by atoms with E-state index in [4.69, 9.17) is 4.74 Å². The van der Waals surface area contributed by atoms with Crippen LogP contribution < -0.4 is 10.2 Å². The van der Waals surface area contributed by atoms with Crippen LogP contribution in [0.25, 0.3) is 0 Å². The Morgan fingerprint density at radius 3 is 2.62 bits per heavy atom. The minimum absolute atomic E-state index is 0.0255. The largest absolute Gasteiger partial charge is 0.504 e. The number of nitro groups is 1. The van der Waals surface area contributed by atoms with Crippen molar-refractivity contribution < 1.29 is 19.6 Å². The third-order valence-electron chi connectivity index (χ3n) is 3.00. The van der Waals surface area contributed by atoms with Crippen LogP contribution in [0.15, 0.2) is 47.6 Å². The summed E-state index contributed by atoms with van der Waals surface area (Å²) in [5, 5.41) is 24.1. The molecule has 0 bridgehead atoms. The molecule has 0 saturated heterocycles. The van der Waals surface area contributed by atoms with Gasteiger partial charge in [-0.15, -0.1) is 0 Å². The molecule has 24 heavy (non-hydrogen) atoms. The Morgan fingerprint density at radius 1 is 1.33 bits per heavy atom. The fraction of sp³-hybridized carbons (Fsp3) is 0.125. The summed E-state index contributed by atoms with van der Waals surface area (Å²) in [5.41, 5.74) is 3.02. The first-order valence-corrected chi connectivity index (χ1v) is 7.05. The Kier molecular flexibility index (Phi) is 5.45. The van der Waals surface area contributed by atoms with Crippen LogP contribution in [0.5, 0.6) is 11.5 Å². The van der Waals surface area contributed by atoms with Crippen molar-refractivity contribution in [3.8, 4) is 11.5 Å². The first-order valence-electron chi connectivity index (χ1n) is 7.05. The molecule has 0 aliphatic carbocycles. The number of benzene rings is 2. The molecule has 8 nitrogen and oxygen atoms in total. The molecule has 0 radical (unpaired) electrons. The molecule has 0 atom stereocenters. The number of rotatable bonds is 6. The molecule has 0 spiro atoms. The van der Waals surface area contributed by atoms with Gasteiger partial charge in [-0.3, -0.25) is 14.9 Å². The number of non-ortho nitro benzene ring substituents is 1. The van der Waals surface area contributed by atoms with Crippen molar-refractivity contribution in [2.24, 2.45) is 5.10 Å². The van der Waals surface area contributed by atoms with E-state index in [2.05, 4.69) is 10.5 Å². The molecule has 0 unspecified atom stereocenters. The van der Waals surface area contributed by atoms with E-state index in [0.29, 0.717) is 17.9 Å².